The predicted molar refractivity (Wildman–Crippen MR) is 122 cm³/mol. The molecular formula is C27H28FNO. The highest BCUT2D eigenvalue weighted by Crippen LogP contribution is 2.11. The molecule has 3 heteroatoms. The van der Waals surface area contributed by atoms with Crippen molar-refractivity contribution in [3.05, 3.63) is 107 Å². The van der Waals surface area contributed by atoms with Crippen molar-refractivity contribution in [3.63, 3.8) is 0 Å². The Kier molecular flexibility index (Phi) is 9.34. The number of aryl methyl sites for hydroxylation is 1. The summed E-state index contributed by atoms with van der Waals surface area (Å²) < 4.78 is 13.3. The van der Waals surface area contributed by atoms with Gasteiger partial charge in [0.25, 0.3) is 0 Å². The van der Waals surface area contributed by atoms with E-state index in [0.29, 0.717) is 29.7 Å². The smallest absolute Gasteiger partial charge is 0.247 e. The SMILES string of the molecule is C=CC(C#Cc1cccc(F)c1)=CC=C(CCC)C(=O)NCc1ccccc1CC. The second-order valence-electron chi connectivity index (χ2n) is 6.83. The number of allylic oxidation sites excluding steroid dienone is 4. The van der Waals surface area contributed by atoms with Crippen molar-refractivity contribution in [2.45, 2.75) is 39.7 Å². The lowest BCUT2D eigenvalue weighted by molar-refractivity contribution is -0.117. The lowest BCUT2D eigenvalue weighted by atomic mass is 10.0. The Morgan fingerprint density at radius 3 is 2.53 bits per heavy atom. The van der Waals surface area contributed by atoms with Crippen LogP contribution in [0.2, 0.25) is 0 Å². The lowest BCUT2D eigenvalue weighted by Crippen LogP contribution is -2.25. The first kappa shape index (κ1) is 22.9. The highest BCUT2D eigenvalue weighted by molar-refractivity contribution is 5.93. The molecule has 0 bridgehead atoms. The highest BCUT2D eigenvalue weighted by atomic mass is 19.1. The van der Waals surface area contributed by atoms with E-state index in [2.05, 4.69) is 36.7 Å². The molecule has 0 saturated heterocycles. The van der Waals surface area contributed by atoms with E-state index in [1.54, 1.807) is 30.4 Å². The number of rotatable bonds is 8. The average molecular weight is 402 g/mol. The van der Waals surface area contributed by atoms with Crippen LogP contribution in [-0.4, -0.2) is 5.91 Å². The van der Waals surface area contributed by atoms with Gasteiger partial charge in [0, 0.05) is 23.3 Å². The van der Waals surface area contributed by atoms with Crippen LogP contribution in [0.3, 0.4) is 0 Å². The van der Waals surface area contributed by atoms with Crippen molar-refractivity contribution in [3.8, 4) is 11.8 Å². The monoisotopic (exact) mass is 401 g/mol. The number of benzene rings is 2. The van der Waals surface area contributed by atoms with Gasteiger partial charge in [0.1, 0.15) is 5.82 Å². The van der Waals surface area contributed by atoms with E-state index in [0.717, 1.165) is 18.4 Å². The summed E-state index contributed by atoms with van der Waals surface area (Å²) in [4.78, 5) is 12.7. The molecule has 0 radical (unpaired) electrons. The first-order valence-corrected chi connectivity index (χ1v) is 10.2. The first-order chi connectivity index (χ1) is 14.6. The maximum atomic E-state index is 13.3. The number of carbonyl (C=O) groups is 1. The largest absolute Gasteiger partial charge is 0.348 e. The van der Waals surface area contributed by atoms with Gasteiger partial charge in [-0.3, -0.25) is 4.79 Å². The van der Waals surface area contributed by atoms with Crippen LogP contribution in [0.1, 0.15) is 43.4 Å². The molecule has 0 unspecified atom stereocenters. The second kappa shape index (κ2) is 12.2. The van der Waals surface area contributed by atoms with Crippen molar-refractivity contribution in [2.24, 2.45) is 0 Å². The van der Waals surface area contributed by atoms with Gasteiger partial charge in [-0.05, 0) is 48.2 Å². The van der Waals surface area contributed by atoms with E-state index in [4.69, 9.17) is 0 Å². The summed E-state index contributed by atoms with van der Waals surface area (Å²) in [6, 6.07) is 14.3. The standard InChI is InChI=1S/C27H28FNO/c1-4-10-24(27(30)29-20-25-13-8-7-12-23(25)6-3)18-17-21(5-2)15-16-22-11-9-14-26(28)19-22/h5,7-9,11-14,17-19H,2,4,6,10,20H2,1,3H3,(H,29,30). The molecule has 154 valence electrons. The van der Waals surface area contributed by atoms with E-state index in [9.17, 15) is 9.18 Å². The zero-order valence-corrected chi connectivity index (χ0v) is 17.7. The minimum absolute atomic E-state index is 0.0829. The number of amides is 1. The molecule has 2 rings (SSSR count). The molecule has 1 N–H and O–H groups in total. The number of halogens is 1. The van der Waals surface area contributed by atoms with Gasteiger partial charge in [-0.2, -0.15) is 0 Å². The van der Waals surface area contributed by atoms with Gasteiger partial charge in [0.05, 0.1) is 0 Å². The fourth-order valence-electron chi connectivity index (χ4n) is 2.97. The van der Waals surface area contributed by atoms with E-state index in [1.165, 1.54) is 17.7 Å². The molecule has 2 aromatic carbocycles. The summed E-state index contributed by atoms with van der Waals surface area (Å²) in [5.74, 6) is 5.49. The zero-order chi connectivity index (χ0) is 21.8. The van der Waals surface area contributed by atoms with E-state index >= 15 is 0 Å². The van der Waals surface area contributed by atoms with E-state index in [-0.39, 0.29) is 11.7 Å². The van der Waals surface area contributed by atoms with Crippen LogP contribution in [-0.2, 0) is 17.8 Å². The third-order valence-electron chi connectivity index (χ3n) is 4.61. The average Bonchev–Trinajstić information content (AvgIpc) is 2.77. The molecule has 0 spiro atoms. The van der Waals surface area contributed by atoms with Crippen LogP contribution in [0.15, 0.2) is 84.5 Å². The van der Waals surface area contributed by atoms with E-state index < -0.39 is 0 Å². The summed E-state index contributed by atoms with van der Waals surface area (Å²) in [6.45, 7) is 8.43. The summed E-state index contributed by atoms with van der Waals surface area (Å²) >= 11 is 0. The molecule has 30 heavy (non-hydrogen) atoms. The number of hydrogen-bond acceptors (Lipinski definition) is 1. The van der Waals surface area contributed by atoms with Crippen LogP contribution in [0.5, 0.6) is 0 Å². The maximum absolute atomic E-state index is 13.3. The summed E-state index contributed by atoms with van der Waals surface area (Å²) in [5, 5.41) is 3.02. The topological polar surface area (TPSA) is 29.1 Å². The molecular weight excluding hydrogens is 373 g/mol. The number of hydrogen-bond donors (Lipinski definition) is 1. The van der Waals surface area contributed by atoms with Crippen LogP contribution in [0.25, 0.3) is 0 Å². The summed E-state index contributed by atoms with van der Waals surface area (Å²) in [6.07, 6.45) is 7.66. The van der Waals surface area contributed by atoms with Crippen LogP contribution >= 0.6 is 0 Å². The van der Waals surface area contributed by atoms with Gasteiger partial charge in [0.2, 0.25) is 5.91 Å². The third kappa shape index (κ3) is 7.22. The van der Waals surface area contributed by atoms with Gasteiger partial charge >= 0.3 is 0 Å². The Labute approximate surface area is 179 Å². The predicted octanol–water partition coefficient (Wildman–Crippen LogP) is 5.89. The molecule has 0 atom stereocenters. The molecule has 0 aliphatic carbocycles. The highest BCUT2D eigenvalue weighted by Gasteiger charge is 2.08. The Bertz CT molecular complexity index is 1000. The van der Waals surface area contributed by atoms with E-state index in [1.807, 2.05) is 25.1 Å². The minimum atomic E-state index is -0.322. The molecule has 2 nitrogen and oxygen atoms in total. The molecule has 0 saturated carbocycles. The fraction of sp³-hybridized carbons (Fsp3) is 0.222. The summed E-state index contributed by atoms with van der Waals surface area (Å²) in [5.41, 5.74) is 4.32. The van der Waals surface area contributed by atoms with Gasteiger partial charge in [-0.15, -0.1) is 0 Å². The Balaban J connectivity index is 2.14. The first-order valence-electron chi connectivity index (χ1n) is 10.2. The van der Waals surface area contributed by atoms with Crippen LogP contribution in [0, 0.1) is 17.7 Å². The molecule has 1 amide bonds. The zero-order valence-electron chi connectivity index (χ0n) is 17.7. The maximum Gasteiger partial charge on any atom is 0.247 e. The third-order valence-corrected chi connectivity index (χ3v) is 4.61. The Morgan fingerprint density at radius 2 is 1.87 bits per heavy atom. The van der Waals surface area contributed by atoms with Crippen molar-refractivity contribution in [1.29, 1.82) is 0 Å². The summed E-state index contributed by atoms with van der Waals surface area (Å²) in [7, 11) is 0. The Morgan fingerprint density at radius 1 is 1.10 bits per heavy atom. The quantitative estimate of drug-likeness (QED) is 0.333. The van der Waals surface area contributed by atoms with Crippen molar-refractivity contribution in [2.75, 3.05) is 0 Å². The van der Waals surface area contributed by atoms with Crippen molar-refractivity contribution < 1.29 is 9.18 Å². The van der Waals surface area contributed by atoms with Gasteiger partial charge in [-0.25, -0.2) is 4.39 Å². The normalized spacial score (nSPS) is 11.4. The molecule has 0 aliphatic heterocycles. The Hall–Kier alpha value is -3.38. The molecule has 0 aliphatic rings. The lowest BCUT2D eigenvalue weighted by Gasteiger charge is -2.11. The fourth-order valence-corrected chi connectivity index (χ4v) is 2.97. The van der Waals surface area contributed by atoms with Gasteiger partial charge in [0.15, 0.2) is 0 Å². The second-order valence-corrected chi connectivity index (χ2v) is 6.83. The number of carbonyl (C=O) groups excluding carboxylic acids is 1. The molecule has 0 heterocycles. The molecule has 2 aromatic rings. The van der Waals surface area contributed by atoms with Gasteiger partial charge < -0.3 is 5.32 Å². The van der Waals surface area contributed by atoms with Gasteiger partial charge in [-0.1, -0.05) is 81.2 Å². The van der Waals surface area contributed by atoms with Crippen molar-refractivity contribution >= 4 is 5.91 Å². The molecule has 0 aromatic heterocycles. The van der Waals surface area contributed by atoms with Crippen molar-refractivity contribution in [1.82, 2.24) is 5.32 Å². The van der Waals surface area contributed by atoms with Crippen LogP contribution in [0.4, 0.5) is 4.39 Å². The molecule has 0 fully saturated rings. The number of nitrogens with one attached hydrogen (secondary N) is 1. The minimum Gasteiger partial charge on any atom is -0.348 e. The van der Waals surface area contributed by atoms with Crippen LogP contribution < -0.4 is 5.32 Å².